The normalized spacial score (nSPS) is 12.6. The van der Waals surface area contributed by atoms with Crippen molar-refractivity contribution >= 4 is 9.84 Å². The van der Waals surface area contributed by atoms with Crippen LogP contribution in [0, 0.1) is 12.7 Å². The molecular formula is C19H14F6N2O2S. The van der Waals surface area contributed by atoms with E-state index < -0.39 is 44.5 Å². The van der Waals surface area contributed by atoms with Crippen LogP contribution in [0.15, 0.2) is 41.3 Å². The van der Waals surface area contributed by atoms with Gasteiger partial charge in [-0.15, -0.1) is 0 Å². The lowest BCUT2D eigenvalue weighted by molar-refractivity contribution is -0.138. The molecule has 3 aromatic rings. The predicted molar refractivity (Wildman–Crippen MR) is 97.2 cm³/mol. The van der Waals surface area contributed by atoms with Gasteiger partial charge < -0.3 is 4.98 Å². The third kappa shape index (κ3) is 4.20. The molecule has 0 amide bonds. The van der Waals surface area contributed by atoms with E-state index in [1.54, 1.807) is 0 Å². The summed E-state index contributed by atoms with van der Waals surface area (Å²) in [4.78, 5) is 5.39. The van der Waals surface area contributed by atoms with Crippen molar-refractivity contribution in [3.05, 3.63) is 59.2 Å². The lowest BCUT2D eigenvalue weighted by atomic mass is 10.00. The molecule has 0 aliphatic carbocycles. The molecule has 160 valence electrons. The van der Waals surface area contributed by atoms with Crippen LogP contribution in [0.2, 0.25) is 0 Å². The molecule has 0 aliphatic rings. The summed E-state index contributed by atoms with van der Waals surface area (Å²) >= 11 is 0. The first-order valence-electron chi connectivity index (χ1n) is 8.35. The molecule has 0 fully saturated rings. The van der Waals surface area contributed by atoms with Gasteiger partial charge in [0.15, 0.2) is 15.7 Å². The van der Waals surface area contributed by atoms with E-state index in [9.17, 15) is 34.8 Å². The van der Waals surface area contributed by atoms with Crippen LogP contribution in [0.4, 0.5) is 26.3 Å². The van der Waals surface area contributed by atoms with Gasteiger partial charge in [-0.2, -0.15) is 13.2 Å². The first-order valence-corrected chi connectivity index (χ1v) is 10.2. The molecule has 30 heavy (non-hydrogen) atoms. The van der Waals surface area contributed by atoms with E-state index in [4.69, 9.17) is 0 Å². The number of hydrogen-bond donors (Lipinski definition) is 1. The Morgan fingerprint density at radius 2 is 1.67 bits per heavy atom. The average molecular weight is 448 g/mol. The standard InChI is InChI=1S/C19H14F6N2O2S/c1-9-3-4-10(7-12(9)19(23,24)25)15-16(27-18(26-15)17(21)22)11-5-6-14(13(20)8-11)30(2,28)29/h3-8,17H,1-2H3,(H,26,27). The van der Waals surface area contributed by atoms with Gasteiger partial charge in [0.2, 0.25) is 0 Å². The highest BCUT2D eigenvalue weighted by Gasteiger charge is 2.33. The zero-order valence-corrected chi connectivity index (χ0v) is 16.3. The Kier molecular flexibility index (Phi) is 5.44. The Hall–Kier alpha value is -2.82. The van der Waals surface area contributed by atoms with Gasteiger partial charge in [-0.3, -0.25) is 0 Å². The maximum absolute atomic E-state index is 14.3. The largest absolute Gasteiger partial charge is 0.416 e. The molecule has 0 spiro atoms. The fraction of sp³-hybridized carbons (Fsp3) is 0.211. The minimum atomic E-state index is -4.67. The molecule has 4 nitrogen and oxygen atoms in total. The number of nitrogens with one attached hydrogen (secondary N) is 1. The third-order valence-corrected chi connectivity index (χ3v) is 5.50. The molecule has 0 unspecified atom stereocenters. The summed E-state index contributed by atoms with van der Waals surface area (Å²) in [5, 5.41) is 0. The van der Waals surface area contributed by atoms with Gasteiger partial charge in [0.25, 0.3) is 6.43 Å². The van der Waals surface area contributed by atoms with Crippen LogP contribution >= 0.6 is 0 Å². The van der Waals surface area contributed by atoms with E-state index in [1.807, 2.05) is 0 Å². The van der Waals surface area contributed by atoms with E-state index in [1.165, 1.54) is 19.1 Å². The quantitative estimate of drug-likeness (QED) is 0.533. The van der Waals surface area contributed by atoms with E-state index in [0.717, 1.165) is 30.5 Å². The molecular weight excluding hydrogens is 434 g/mol. The summed E-state index contributed by atoms with van der Waals surface area (Å²) in [6.45, 7) is 1.25. The number of nitrogens with zero attached hydrogens (tertiary/aromatic N) is 1. The van der Waals surface area contributed by atoms with E-state index in [0.29, 0.717) is 0 Å². The van der Waals surface area contributed by atoms with E-state index in [2.05, 4.69) is 9.97 Å². The maximum Gasteiger partial charge on any atom is 0.416 e. The molecule has 1 N–H and O–H groups in total. The highest BCUT2D eigenvalue weighted by molar-refractivity contribution is 7.90. The molecule has 0 saturated carbocycles. The molecule has 0 radical (unpaired) electrons. The minimum Gasteiger partial charge on any atom is -0.337 e. The summed E-state index contributed by atoms with van der Waals surface area (Å²) in [5.41, 5.74) is -1.60. The van der Waals surface area contributed by atoms with Crippen LogP contribution in [0.1, 0.15) is 23.4 Å². The Balaban J connectivity index is 2.23. The number of rotatable bonds is 4. The smallest absolute Gasteiger partial charge is 0.337 e. The van der Waals surface area contributed by atoms with Gasteiger partial charge in [0.1, 0.15) is 10.7 Å². The van der Waals surface area contributed by atoms with Crippen molar-refractivity contribution in [1.82, 2.24) is 9.97 Å². The van der Waals surface area contributed by atoms with Crippen molar-refractivity contribution in [3.63, 3.8) is 0 Å². The van der Waals surface area contributed by atoms with Crippen molar-refractivity contribution in [2.24, 2.45) is 0 Å². The third-order valence-electron chi connectivity index (χ3n) is 4.37. The number of aromatic nitrogens is 2. The number of aryl methyl sites for hydroxylation is 1. The molecule has 3 rings (SSSR count). The second kappa shape index (κ2) is 7.46. The van der Waals surface area contributed by atoms with Crippen molar-refractivity contribution < 1.29 is 34.8 Å². The highest BCUT2D eigenvalue weighted by atomic mass is 32.2. The number of sulfone groups is 1. The van der Waals surface area contributed by atoms with Gasteiger partial charge in [-0.1, -0.05) is 18.2 Å². The van der Waals surface area contributed by atoms with Crippen LogP contribution in [-0.4, -0.2) is 24.6 Å². The lowest BCUT2D eigenvalue weighted by Crippen LogP contribution is -2.07. The Labute approximate surface area is 167 Å². The Morgan fingerprint density at radius 1 is 1.03 bits per heavy atom. The van der Waals surface area contributed by atoms with Crippen LogP contribution in [0.25, 0.3) is 22.5 Å². The first kappa shape index (κ1) is 21.9. The fourth-order valence-corrected chi connectivity index (χ4v) is 3.67. The van der Waals surface area contributed by atoms with Crippen LogP contribution in [-0.2, 0) is 16.0 Å². The second-order valence-electron chi connectivity index (χ2n) is 6.59. The molecule has 1 aromatic heterocycles. The molecule has 2 aromatic carbocycles. The van der Waals surface area contributed by atoms with Gasteiger partial charge in [0, 0.05) is 17.4 Å². The Bertz CT molecular complexity index is 1220. The number of imidazole rings is 1. The number of alkyl halides is 5. The second-order valence-corrected chi connectivity index (χ2v) is 8.58. The summed E-state index contributed by atoms with van der Waals surface area (Å²) in [7, 11) is -3.88. The van der Waals surface area contributed by atoms with Gasteiger partial charge in [-0.05, 0) is 30.7 Å². The highest BCUT2D eigenvalue weighted by Crippen LogP contribution is 2.38. The zero-order valence-electron chi connectivity index (χ0n) is 15.5. The summed E-state index contributed by atoms with van der Waals surface area (Å²) in [6.07, 6.45) is -6.94. The van der Waals surface area contributed by atoms with Gasteiger partial charge in [0.05, 0.1) is 17.0 Å². The maximum atomic E-state index is 14.3. The van der Waals surface area contributed by atoms with Gasteiger partial charge in [-0.25, -0.2) is 26.6 Å². The number of benzene rings is 2. The number of hydrogen-bond acceptors (Lipinski definition) is 3. The van der Waals surface area contributed by atoms with Gasteiger partial charge >= 0.3 is 6.18 Å². The molecule has 0 aliphatic heterocycles. The monoisotopic (exact) mass is 448 g/mol. The van der Waals surface area contributed by atoms with E-state index in [-0.39, 0.29) is 28.1 Å². The van der Waals surface area contributed by atoms with Crippen LogP contribution in [0.5, 0.6) is 0 Å². The van der Waals surface area contributed by atoms with Crippen molar-refractivity contribution in [3.8, 4) is 22.5 Å². The van der Waals surface area contributed by atoms with Crippen LogP contribution < -0.4 is 0 Å². The Morgan fingerprint density at radius 3 is 2.20 bits per heavy atom. The van der Waals surface area contributed by atoms with Crippen molar-refractivity contribution in [1.29, 1.82) is 0 Å². The topological polar surface area (TPSA) is 62.8 Å². The van der Waals surface area contributed by atoms with Crippen molar-refractivity contribution in [2.75, 3.05) is 6.26 Å². The number of H-pyrrole nitrogens is 1. The molecule has 1 heterocycles. The minimum absolute atomic E-state index is 0.0649. The zero-order chi connectivity index (χ0) is 22.4. The first-order chi connectivity index (χ1) is 13.8. The number of halogens is 6. The number of aromatic amines is 1. The lowest BCUT2D eigenvalue weighted by Gasteiger charge is -2.12. The summed E-state index contributed by atoms with van der Waals surface area (Å²) < 4.78 is 104. The predicted octanol–water partition coefficient (Wildman–Crippen LogP) is 5.55. The summed E-state index contributed by atoms with van der Waals surface area (Å²) in [5.74, 6) is -1.95. The molecule has 0 saturated heterocycles. The van der Waals surface area contributed by atoms with E-state index >= 15 is 0 Å². The molecule has 0 bridgehead atoms. The summed E-state index contributed by atoms with van der Waals surface area (Å²) in [6, 6.07) is 6.12. The van der Waals surface area contributed by atoms with Crippen LogP contribution in [0.3, 0.4) is 0 Å². The fourth-order valence-electron chi connectivity index (χ4n) is 2.94. The average Bonchev–Trinajstić information content (AvgIpc) is 3.05. The SMILES string of the molecule is Cc1ccc(-c2[nH]c(C(F)F)nc2-c2ccc(S(C)(=O)=O)c(F)c2)cc1C(F)(F)F. The molecule has 0 atom stereocenters. The molecule has 11 heteroatoms. The van der Waals surface area contributed by atoms with Crippen molar-refractivity contribution in [2.45, 2.75) is 24.4 Å².